The molecular weight excluding hydrogens is 680 g/mol. The van der Waals surface area contributed by atoms with Crippen molar-refractivity contribution in [2.75, 3.05) is 49.4 Å². The third-order valence-electron chi connectivity index (χ3n) is 7.94. The van der Waals surface area contributed by atoms with Crippen LogP contribution in [-0.2, 0) is 44.9 Å². The first-order chi connectivity index (χ1) is 24.7. The second-order valence-corrected chi connectivity index (χ2v) is 12.1. The lowest BCUT2D eigenvalue weighted by Crippen LogP contribution is -2.16. The van der Waals surface area contributed by atoms with Gasteiger partial charge in [-0.05, 0) is 48.5 Å². The molecule has 4 aromatic carbocycles. The van der Waals surface area contributed by atoms with Gasteiger partial charge in [0, 0.05) is 92.9 Å². The minimum atomic E-state index is -1.26. The van der Waals surface area contributed by atoms with Crippen LogP contribution in [0.4, 0.5) is 22.7 Å². The highest BCUT2D eigenvalue weighted by molar-refractivity contribution is 5.72. The summed E-state index contributed by atoms with van der Waals surface area (Å²) in [6, 6.07) is 12.6. The molecule has 0 heterocycles. The van der Waals surface area contributed by atoms with Crippen LogP contribution in [0, 0.1) is 0 Å². The lowest BCUT2D eigenvalue weighted by molar-refractivity contribution is -0.140. The van der Waals surface area contributed by atoms with Crippen molar-refractivity contribution in [1.82, 2.24) is 0 Å². The van der Waals surface area contributed by atoms with Crippen molar-refractivity contribution in [1.29, 1.82) is 0 Å². The Bertz CT molecular complexity index is 1690. The molecule has 1 aliphatic rings. The SMILES string of the molecule is Nc1cc2c(OCC(=O)O)c(c1)Cc1cc(N)cc(c1OCC(=O)O)Cc1cc(N)cc(c1OCC(=O)O)Cc1cc(N)cc(c1OCC(=O)O)C2. The average Bonchev–Trinajstić information content (AvgIpc) is 3.02. The predicted molar refractivity (Wildman–Crippen MR) is 187 cm³/mol. The van der Waals surface area contributed by atoms with Crippen LogP contribution in [0.1, 0.15) is 44.5 Å². The molecule has 8 bridgehead atoms. The fourth-order valence-electron chi connectivity index (χ4n) is 6.27. The number of carboxylic acid groups (broad SMARTS) is 4. The Labute approximate surface area is 296 Å². The summed E-state index contributed by atoms with van der Waals surface area (Å²) in [7, 11) is 0. The standard InChI is InChI=1S/C36H36N4O12/c37-25-5-17-1-18-6-26(38)8-20(34(18)50-14-30(43)44)3-22-10-28(40)12-24(36(22)52-16-32(47)48)4-23-11-27(39)9-21(35(23)51-15-31(45)46)2-19(7-25)33(17)49-13-29(41)42/h5-12H,1-4,13-16,37-40H2,(H,41,42)(H,43,44)(H,45,46)(H,47,48). The first-order valence-corrected chi connectivity index (χ1v) is 15.7. The largest absolute Gasteiger partial charge is 0.481 e. The third kappa shape index (κ3) is 8.84. The molecule has 0 spiro atoms. The van der Waals surface area contributed by atoms with Crippen molar-refractivity contribution in [2.45, 2.75) is 25.7 Å². The molecular formula is C36H36N4O12. The zero-order valence-electron chi connectivity index (χ0n) is 27.6. The van der Waals surface area contributed by atoms with Crippen LogP contribution in [0.3, 0.4) is 0 Å². The quantitative estimate of drug-likeness (QED) is 0.0861. The molecule has 0 amide bonds. The summed E-state index contributed by atoms with van der Waals surface area (Å²) in [5.74, 6) is -4.45. The molecule has 12 N–H and O–H groups in total. The van der Waals surface area contributed by atoms with Crippen LogP contribution in [0.15, 0.2) is 48.5 Å². The summed E-state index contributed by atoms with van der Waals surface area (Å²) >= 11 is 0. The first-order valence-electron chi connectivity index (χ1n) is 15.7. The second-order valence-electron chi connectivity index (χ2n) is 12.1. The number of fused-ring (bicyclic) bond motifs is 8. The summed E-state index contributed by atoms with van der Waals surface area (Å²) in [5.41, 5.74) is 29.8. The van der Waals surface area contributed by atoms with E-state index in [-0.39, 0.29) is 71.4 Å². The van der Waals surface area contributed by atoms with Crippen molar-refractivity contribution in [3.8, 4) is 23.0 Å². The van der Waals surface area contributed by atoms with Crippen molar-refractivity contribution >= 4 is 46.6 Å². The van der Waals surface area contributed by atoms with Crippen LogP contribution in [-0.4, -0.2) is 70.7 Å². The van der Waals surface area contributed by atoms with Crippen molar-refractivity contribution in [2.24, 2.45) is 0 Å². The van der Waals surface area contributed by atoms with E-state index in [1.165, 1.54) is 0 Å². The van der Waals surface area contributed by atoms with Gasteiger partial charge in [0.2, 0.25) is 0 Å². The van der Waals surface area contributed by atoms with E-state index < -0.39 is 50.3 Å². The highest BCUT2D eigenvalue weighted by atomic mass is 16.5. The summed E-state index contributed by atoms with van der Waals surface area (Å²) in [6.45, 7) is -2.91. The summed E-state index contributed by atoms with van der Waals surface area (Å²) in [5, 5.41) is 38.2. The molecule has 272 valence electrons. The molecule has 5 rings (SSSR count). The van der Waals surface area contributed by atoms with E-state index in [2.05, 4.69) is 0 Å². The Morgan fingerprint density at radius 1 is 0.385 bits per heavy atom. The van der Waals surface area contributed by atoms with E-state index in [9.17, 15) is 39.6 Å². The number of carbonyl (C=O) groups is 4. The Kier molecular flexibility index (Phi) is 10.8. The lowest BCUT2D eigenvalue weighted by atomic mass is 9.90. The Morgan fingerprint density at radius 2 is 0.538 bits per heavy atom. The summed E-state index contributed by atoms with van der Waals surface area (Å²) in [4.78, 5) is 46.8. The monoisotopic (exact) mass is 716 g/mol. The number of benzene rings is 4. The number of nitrogen functional groups attached to an aromatic ring is 4. The number of aliphatic carboxylic acids is 4. The van der Waals surface area contributed by atoms with Crippen LogP contribution in [0.25, 0.3) is 0 Å². The third-order valence-corrected chi connectivity index (χ3v) is 7.94. The van der Waals surface area contributed by atoms with Gasteiger partial charge in [-0.2, -0.15) is 0 Å². The van der Waals surface area contributed by atoms with E-state index >= 15 is 0 Å². The van der Waals surface area contributed by atoms with Gasteiger partial charge in [0.1, 0.15) is 23.0 Å². The Morgan fingerprint density at radius 3 is 0.673 bits per heavy atom. The van der Waals surface area contributed by atoms with Gasteiger partial charge in [0.25, 0.3) is 0 Å². The predicted octanol–water partition coefficient (Wildman–Crippen LogP) is 2.55. The molecule has 0 aliphatic heterocycles. The van der Waals surface area contributed by atoms with Crippen LogP contribution in [0.2, 0.25) is 0 Å². The van der Waals surface area contributed by atoms with Gasteiger partial charge in [-0.3, -0.25) is 0 Å². The molecule has 0 unspecified atom stereocenters. The molecule has 0 fully saturated rings. The molecule has 52 heavy (non-hydrogen) atoms. The van der Waals surface area contributed by atoms with Crippen LogP contribution >= 0.6 is 0 Å². The van der Waals surface area contributed by atoms with E-state index in [0.717, 1.165) is 0 Å². The normalized spacial score (nSPS) is 12.0. The highest BCUT2D eigenvalue weighted by Gasteiger charge is 2.25. The fourth-order valence-corrected chi connectivity index (χ4v) is 6.27. The first kappa shape index (κ1) is 36.4. The van der Waals surface area contributed by atoms with Gasteiger partial charge in [-0.25, -0.2) is 19.2 Å². The van der Waals surface area contributed by atoms with E-state index in [0.29, 0.717) is 44.5 Å². The number of anilines is 4. The van der Waals surface area contributed by atoms with Crippen molar-refractivity contribution in [3.05, 3.63) is 93.0 Å². The van der Waals surface area contributed by atoms with Gasteiger partial charge in [-0.15, -0.1) is 0 Å². The minimum absolute atomic E-state index is 0.0327. The number of hydrogen-bond acceptors (Lipinski definition) is 12. The van der Waals surface area contributed by atoms with Crippen molar-refractivity contribution < 1.29 is 58.6 Å². The maximum absolute atomic E-state index is 11.7. The zero-order valence-corrected chi connectivity index (χ0v) is 27.6. The molecule has 16 nitrogen and oxygen atoms in total. The Hall–Kier alpha value is -6.84. The minimum Gasteiger partial charge on any atom is -0.481 e. The second kappa shape index (κ2) is 15.4. The van der Waals surface area contributed by atoms with Gasteiger partial charge in [-0.1, -0.05) is 0 Å². The Balaban J connectivity index is 1.86. The molecule has 1 aliphatic carbocycles. The van der Waals surface area contributed by atoms with E-state index in [1.54, 1.807) is 48.5 Å². The van der Waals surface area contributed by atoms with Gasteiger partial charge in [0.05, 0.1) is 0 Å². The number of nitrogens with two attached hydrogens (primary N) is 4. The maximum atomic E-state index is 11.7. The number of carboxylic acids is 4. The number of rotatable bonds is 12. The average molecular weight is 717 g/mol. The molecule has 0 saturated carbocycles. The van der Waals surface area contributed by atoms with E-state index in [4.69, 9.17) is 41.9 Å². The fraction of sp³-hybridized carbons (Fsp3) is 0.222. The van der Waals surface area contributed by atoms with Gasteiger partial charge < -0.3 is 62.3 Å². The number of hydrogen-bond donors (Lipinski definition) is 8. The van der Waals surface area contributed by atoms with Crippen LogP contribution < -0.4 is 41.9 Å². The summed E-state index contributed by atoms with van der Waals surface area (Å²) in [6.07, 6.45) is -0.131. The summed E-state index contributed by atoms with van der Waals surface area (Å²) < 4.78 is 23.4. The lowest BCUT2D eigenvalue weighted by Gasteiger charge is -2.23. The number of ether oxygens (including phenoxy) is 4. The highest BCUT2D eigenvalue weighted by Crippen LogP contribution is 2.41. The molecule has 16 heteroatoms. The maximum Gasteiger partial charge on any atom is 0.341 e. The molecule has 0 saturated heterocycles. The molecule has 0 atom stereocenters. The molecule has 0 aromatic heterocycles. The topological polar surface area (TPSA) is 290 Å². The molecule has 4 aromatic rings. The van der Waals surface area contributed by atoms with Gasteiger partial charge >= 0.3 is 23.9 Å². The van der Waals surface area contributed by atoms with Crippen LogP contribution in [0.5, 0.6) is 23.0 Å². The molecule has 0 radical (unpaired) electrons. The van der Waals surface area contributed by atoms with Gasteiger partial charge in [0.15, 0.2) is 26.4 Å². The smallest absolute Gasteiger partial charge is 0.341 e. The van der Waals surface area contributed by atoms with Crippen molar-refractivity contribution in [3.63, 3.8) is 0 Å². The zero-order chi connectivity index (χ0) is 37.7. The van der Waals surface area contributed by atoms with E-state index in [1.807, 2.05) is 0 Å².